The first-order chi connectivity index (χ1) is 14.9. The third-order valence-electron chi connectivity index (χ3n) is 4.31. The first kappa shape index (κ1) is 20.2. The van der Waals surface area contributed by atoms with Crippen LogP contribution in [0, 0.1) is 5.82 Å². The number of sulfonamides is 1. The number of rotatable bonds is 6. The molecule has 2 N–H and O–H groups in total. The third kappa shape index (κ3) is 4.75. The van der Waals surface area contributed by atoms with Crippen LogP contribution in [0.4, 0.5) is 15.8 Å². The van der Waals surface area contributed by atoms with Crippen LogP contribution < -0.4 is 10.0 Å². The van der Waals surface area contributed by atoms with E-state index in [-0.39, 0.29) is 16.5 Å². The molecule has 10 heteroatoms. The van der Waals surface area contributed by atoms with Crippen molar-refractivity contribution in [1.82, 2.24) is 14.8 Å². The van der Waals surface area contributed by atoms with Crippen LogP contribution in [0.2, 0.25) is 0 Å². The van der Waals surface area contributed by atoms with Crippen LogP contribution in [0.1, 0.15) is 10.4 Å². The Morgan fingerprint density at radius 3 is 2.32 bits per heavy atom. The summed E-state index contributed by atoms with van der Waals surface area (Å²) in [5.74, 6) is -0.897. The van der Waals surface area contributed by atoms with E-state index in [0.29, 0.717) is 11.3 Å². The molecule has 4 rings (SSSR count). The van der Waals surface area contributed by atoms with E-state index >= 15 is 0 Å². The van der Waals surface area contributed by atoms with Crippen LogP contribution in [0.5, 0.6) is 0 Å². The molecule has 0 bridgehead atoms. The number of halogens is 1. The first-order valence-corrected chi connectivity index (χ1v) is 10.5. The summed E-state index contributed by atoms with van der Waals surface area (Å²) in [5, 5.41) is 6.73. The molecular formula is C21H16FN5O3S. The van der Waals surface area contributed by atoms with Gasteiger partial charge in [-0.05, 0) is 66.7 Å². The molecule has 0 atom stereocenters. The van der Waals surface area contributed by atoms with Gasteiger partial charge >= 0.3 is 0 Å². The summed E-state index contributed by atoms with van der Waals surface area (Å²) in [7, 11) is -3.90. The maximum absolute atomic E-state index is 13.3. The number of hydrogen-bond acceptors (Lipinski definition) is 5. The highest BCUT2D eigenvalue weighted by atomic mass is 32.2. The fourth-order valence-electron chi connectivity index (χ4n) is 2.79. The molecule has 3 aromatic carbocycles. The number of amides is 1. The number of hydrogen-bond donors (Lipinski definition) is 2. The van der Waals surface area contributed by atoms with Crippen LogP contribution in [0.15, 0.2) is 90.3 Å². The number of anilines is 2. The van der Waals surface area contributed by atoms with Gasteiger partial charge in [0.15, 0.2) is 0 Å². The maximum Gasteiger partial charge on any atom is 0.261 e. The summed E-state index contributed by atoms with van der Waals surface area (Å²) in [6.45, 7) is 0. The second-order valence-corrected chi connectivity index (χ2v) is 8.16. The lowest BCUT2D eigenvalue weighted by molar-refractivity contribution is 0.102. The van der Waals surface area contributed by atoms with Crippen molar-refractivity contribution in [2.75, 3.05) is 10.0 Å². The molecule has 0 radical (unpaired) electrons. The number of carbonyl (C=O) groups is 1. The Morgan fingerprint density at radius 1 is 0.935 bits per heavy atom. The molecular weight excluding hydrogens is 421 g/mol. The molecule has 1 amide bonds. The fourth-order valence-corrected chi connectivity index (χ4v) is 3.84. The molecule has 0 aliphatic rings. The predicted molar refractivity (Wildman–Crippen MR) is 113 cm³/mol. The minimum atomic E-state index is -3.90. The van der Waals surface area contributed by atoms with E-state index in [1.54, 1.807) is 35.3 Å². The Hall–Kier alpha value is -4.05. The summed E-state index contributed by atoms with van der Waals surface area (Å²) >= 11 is 0. The van der Waals surface area contributed by atoms with Gasteiger partial charge in [0, 0.05) is 11.3 Å². The van der Waals surface area contributed by atoms with E-state index < -0.39 is 15.8 Å². The second kappa shape index (κ2) is 8.36. The van der Waals surface area contributed by atoms with Crippen molar-refractivity contribution in [2.24, 2.45) is 0 Å². The molecule has 0 fully saturated rings. The maximum atomic E-state index is 13.3. The lowest BCUT2D eigenvalue weighted by atomic mass is 10.2. The molecule has 31 heavy (non-hydrogen) atoms. The van der Waals surface area contributed by atoms with Gasteiger partial charge in [0.2, 0.25) is 0 Å². The average Bonchev–Trinajstić information content (AvgIpc) is 3.29. The topological polar surface area (TPSA) is 106 Å². The van der Waals surface area contributed by atoms with Gasteiger partial charge in [0.25, 0.3) is 15.9 Å². The van der Waals surface area contributed by atoms with Crippen LogP contribution >= 0.6 is 0 Å². The molecule has 156 valence electrons. The zero-order valence-corrected chi connectivity index (χ0v) is 16.8. The van der Waals surface area contributed by atoms with E-state index in [1.165, 1.54) is 48.8 Å². The molecule has 0 saturated heterocycles. The van der Waals surface area contributed by atoms with Gasteiger partial charge in [-0.25, -0.2) is 22.5 Å². The Balaban J connectivity index is 1.43. The number of benzene rings is 3. The Labute approximate surface area is 177 Å². The molecule has 4 aromatic rings. The van der Waals surface area contributed by atoms with Gasteiger partial charge in [0.05, 0.1) is 16.3 Å². The molecule has 8 nitrogen and oxygen atoms in total. The highest BCUT2D eigenvalue weighted by molar-refractivity contribution is 7.92. The highest BCUT2D eigenvalue weighted by Crippen LogP contribution is 2.19. The van der Waals surface area contributed by atoms with Crippen LogP contribution in [-0.2, 0) is 10.0 Å². The quantitative estimate of drug-likeness (QED) is 0.481. The van der Waals surface area contributed by atoms with Crippen LogP contribution in [0.3, 0.4) is 0 Å². The molecule has 0 saturated carbocycles. The zero-order chi connectivity index (χ0) is 21.8. The third-order valence-corrected chi connectivity index (χ3v) is 5.71. The number of nitrogens with one attached hydrogen (secondary N) is 2. The lowest BCUT2D eigenvalue weighted by Crippen LogP contribution is -2.14. The normalized spacial score (nSPS) is 11.1. The molecule has 0 unspecified atom stereocenters. The van der Waals surface area contributed by atoms with E-state index in [0.717, 1.165) is 11.8 Å². The van der Waals surface area contributed by atoms with Crippen molar-refractivity contribution in [3.05, 3.63) is 96.8 Å². The van der Waals surface area contributed by atoms with Gasteiger partial charge in [-0.1, -0.05) is 6.07 Å². The Bertz CT molecular complexity index is 1310. The number of nitrogens with zero attached hydrogens (tertiary/aromatic N) is 3. The smallest absolute Gasteiger partial charge is 0.261 e. The minimum absolute atomic E-state index is 0.0213. The average molecular weight is 437 g/mol. The Morgan fingerprint density at radius 2 is 1.68 bits per heavy atom. The summed E-state index contributed by atoms with van der Waals surface area (Å²) < 4.78 is 42.1. The van der Waals surface area contributed by atoms with Crippen molar-refractivity contribution < 1.29 is 17.6 Å². The summed E-state index contributed by atoms with van der Waals surface area (Å²) in [6.07, 6.45) is 2.96. The van der Waals surface area contributed by atoms with Crippen LogP contribution in [-0.4, -0.2) is 29.1 Å². The molecule has 0 spiro atoms. The van der Waals surface area contributed by atoms with Gasteiger partial charge in [-0.2, -0.15) is 5.10 Å². The second-order valence-electron chi connectivity index (χ2n) is 6.48. The van der Waals surface area contributed by atoms with Gasteiger partial charge < -0.3 is 5.32 Å². The highest BCUT2D eigenvalue weighted by Gasteiger charge is 2.15. The summed E-state index contributed by atoms with van der Waals surface area (Å²) in [5.41, 5.74) is 1.73. The molecule has 1 aromatic heterocycles. The summed E-state index contributed by atoms with van der Waals surface area (Å²) in [6, 6.07) is 17.6. The minimum Gasteiger partial charge on any atom is -0.322 e. The van der Waals surface area contributed by atoms with Crippen molar-refractivity contribution in [3.63, 3.8) is 0 Å². The van der Waals surface area contributed by atoms with Crippen molar-refractivity contribution in [1.29, 1.82) is 0 Å². The van der Waals surface area contributed by atoms with Gasteiger partial charge in [0.1, 0.15) is 18.5 Å². The Kier molecular flexibility index (Phi) is 5.46. The van der Waals surface area contributed by atoms with Crippen molar-refractivity contribution in [2.45, 2.75) is 4.90 Å². The van der Waals surface area contributed by atoms with E-state index in [9.17, 15) is 17.6 Å². The largest absolute Gasteiger partial charge is 0.322 e. The summed E-state index contributed by atoms with van der Waals surface area (Å²) in [4.78, 5) is 16.3. The van der Waals surface area contributed by atoms with E-state index in [4.69, 9.17) is 0 Å². The van der Waals surface area contributed by atoms with Crippen molar-refractivity contribution in [3.8, 4) is 5.69 Å². The van der Waals surface area contributed by atoms with E-state index in [1.807, 2.05) is 0 Å². The number of aromatic nitrogens is 3. The SMILES string of the molecule is O=C(Nc1ccc(S(=O)(=O)Nc2cccc(F)c2)cc1)c1ccc(-n2cncn2)cc1. The zero-order valence-electron chi connectivity index (χ0n) is 15.9. The fraction of sp³-hybridized carbons (Fsp3) is 0. The predicted octanol–water partition coefficient (Wildman–Crippen LogP) is 3.46. The first-order valence-electron chi connectivity index (χ1n) is 9.06. The molecule has 0 aliphatic carbocycles. The van der Waals surface area contributed by atoms with Gasteiger partial charge in [-0.15, -0.1) is 0 Å². The molecule has 1 heterocycles. The monoisotopic (exact) mass is 437 g/mol. The standard InChI is InChI=1S/C21H16FN5O3S/c22-16-2-1-3-18(12-16)26-31(29,30)20-10-6-17(7-11-20)25-21(28)15-4-8-19(9-5-15)27-14-23-13-24-27/h1-14,26H,(H,25,28). The number of carbonyl (C=O) groups excluding carboxylic acids is 1. The van der Waals surface area contributed by atoms with Crippen LogP contribution in [0.25, 0.3) is 5.69 Å². The van der Waals surface area contributed by atoms with Crippen molar-refractivity contribution >= 4 is 27.3 Å². The lowest BCUT2D eigenvalue weighted by Gasteiger charge is -2.10. The van der Waals surface area contributed by atoms with Gasteiger partial charge in [-0.3, -0.25) is 9.52 Å². The van der Waals surface area contributed by atoms with E-state index in [2.05, 4.69) is 20.1 Å². The molecule has 0 aliphatic heterocycles.